The van der Waals surface area contributed by atoms with Gasteiger partial charge in [0.15, 0.2) is 11.5 Å². The minimum Gasteiger partial charge on any atom is -0.493 e. The number of methoxy groups -OCH3 is 1. The molecule has 5 nitrogen and oxygen atoms in total. The van der Waals surface area contributed by atoms with Crippen LogP contribution in [0.2, 0.25) is 0 Å². The topological polar surface area (TPSA) is 56.8 Å². The lowest BCUT2D eigenvalue weighted by atomic mass is 10.2. The average Bonchev–Trinajstić information content (AvgIpc) is 2.61. The minimum atomic E-state index is -0.0580. The van der Waals surface area contributed by atoms with E-state index in [0.29, 0.717) is 24.7 Å². The van der Waals surface area contributed by atoms with Gasteiger partial charge in [-0.15, -0.1) is 0 Å². The van der Waals surface area contributed by atoms with E-state index in [1.165, 1.54) is 0 Å². The van der Waals surface area contributed by atoms with Gasteiger partial charge in [0.25, 0.3) is 0 Å². The van der Waals surface area contributed by atoms with Crippen LogP contribution in [0, 0.1) is 0 Å². The molecule has 0 bridgehead atoms. The van der Waals surface area contributed by atoms with Crippen molar-refractivity contribution in [2.24, 2.45) is 0 Å². The second-order valence-electron chi connectivity index (χ2n) is 5.84. The molecule has 1 amide bonds. The van der Waals surface area contributed by atoms with Gasteiger partial charge in [-0.25, -0.2) is 0 Å². The summed E-state index contributed by atoms with van der Waals surface area (Å²) in [6.45, 7) is 4.76. The number of benzene rings is 2. The molecular formula is C20H25NO4. The summed E-state index contributed by atoms with van der Waals surface area (Å²) in [4.78, 5) is 11.9. The maximum Gasteiger partial charge on any atom is 0.223 e. The summed E-state index contributed by atoms with van der Waals surface area (Å²) in [5, 5.41) is 2.88. The molecule has 0 atom stereocenters. The number of hydrogen-bond acceptors (Lipinski definition) is 4. The highest BCUT2D eigenvalue weighted by atomic mass is 16.5. The Balaban J connectivity index is 1.72. The molecule has 0 aliphatic carbocycles. The summed E-state index contributed by atoms with van der Waals surface area (Å²) in [7, 11) is 1.59. The molecular weight excluding hydrogens is 318 g/mol. The Hall–Kier alpha value is -2.69. The van der Waals surface area contributed by atoms with E-state index in [1.807, 2.05) is 62.4 Å². The molecule has 0 aliphatic rings. The lowest BCUT2D eigenvalue weighted by Crippen LogP contribution is -2.24. The third-order valence-electron chi connectivity index (χ3n) is 3.44. The van der Waals surface area contributed by atoms with Crippen LogP contribution < -0.4 is 19.5 Å². The van der Waals surface area contributed by atoms with E-state index in [2.05, 4.69) is 5.32 Å². The van der Waals surface area contributed by atoms with Crippen molar-refractivity contribution in [2.75, 3.05) is 13.7 Å². The van der Waals surface area contributed by atoms with Crippen molar-refractivity contribution in [3.63, 3.8) is 0 Å². The van der Waals surface area contributed by atoms with Crippen LogP contribution in [0.4, 0.5) is 0 Å². The largest absolute Gasteiger partial charge is 0.493 e. The van der Waals surface area contributed by atoms with E-state index in [-0.39, 0.29) is 18.4 Å². The van der Waals surface area contributed by atoms with Crippen LogP contribution in [-0.2, 0) is 11.3 Å². The smallest absolute Gasteiger partial charge is 0.223 e. The molecule has 1 N–H and O–H groups in total. The number of hydrogen-bond donors (Lipinski definition) is 1. The molecule has 0 saturated heterocycles. The van der Waals surface area contributed by atoms with Gasteiger partial charge in [-0.2, -0.15) is 0 Å². The van der Waals surface area contributed by atoms with Gasteiger partial charge in [-0.05, 0) is 43.7 Å². The number of para-hydroxylation sites is 2. The molecule has 2 rings (SSSR count). The maximum absolute atomic E-state index is 11.9. The van der Waals surface area contributed by atoms with Crippen LogP contribution in [0.15, 0.2) is 48.5 Å². The van der Waals surface area contributed by atoms with Gasteiger partial charge < -0.3 is 19.5 Å². The Kier molecular flexibility index (Phi) is 7.14. The summed E-state index contributed by atoms with van der Waals surface area (Å²) in [6.07, 6.45) is 0.431. The average molecular weight is 343 g/mol. The highest BCUT2D eigenvalue weighted by Gasteiger charge is 2.06. The maximum atomic E-state index is 11.9. The Morgan fingerprint density at radius 2 is 1.72 bits per heavy atom. The molecule has 0 aliphatic heterocycles. The van der Waals surface area contributed by atoms with Crippen LogP contribution in [0.25, 0.3) is 0 Å². The molecule has 0 aromatic heterocycles. The molecule has 0 fully saturated rings. The Labute approximate surface area is 148 Å². The Morgan fingerprint density at radius 1 is 1.04 bits per heavy atom. The van der Waals surface area contributed by atoms with Gasteiger partial charge in [0.2, 0.25) is 5.91 Å². The van der Waals surface area contributed by atoms with Gasteiger partial charge in [0.05, 0.1) is 26.2 Å². The van der Waals surface area contributed by atoms with E-state index in [0.717, 1.165) is 11.3 Å². The van der Waals surface area contributed by atoms with Crippen molar-refractivity contribution in [3.8, 4) is 17.2 Å². The standard InChI is InChI=1S/C20H25NO4/c1-15(2)25-17-10-8-16(9-11-17)14-21-20(22)12-13-24-19-7-5-4-6-18(19)23-3/h4-11,15H,12-14H2,1-3H3,(H,21,22). The number of ether oxygens (including phenoxy) is 3. The Bertz CT molecular complexity index is 668. The Morgan fingerprint density at radius 3 is 2.36 bits per heavy atom. The summed E-state index contributed by atoms with van der Waals surface area (Å²) in [5.74, 6) is 2.07. The molecule has 25 heavy (non-hydrogen) atoms. The van der Waals surface area contributed by atoms with Gasteiger partial charge in [-0.3, -0.25) is 4.79 Å². The van der Waals surface area contributed by atoms with Crippen LogP contribution in [0.1, 0.15) is 25.8 Å². The monoisotopic (exact) mass is 343 g/mol. The predicted molar refractivity (Wildman–Crippen MR) is 97.2 cm³/mol. The van der Waals surface area contributed by atoms with E-state index in [4.69, 9.17) is 14.2 Å². The number of nitrogens with one attached hydrogen (secondary N) is 1. The highest BCUT2D eigenvalue weighted by molar-refractivity contribution is 5.76. The fraction of sp³-hybridized carbons (Fsp3) is 0.350. The third kappa shape index (κ3) is 6.37. The fourth-order valence-corrected chi connectivity index (χ4v) is 2.24. The molecule has 0 spiro atoms. The first kappa shape index (κ1) is 18.6. The quantitative estimate of drug-likeness (QED) is 0.756. The zero-order chi connectivity index (χ0) is 18.1. The molecule has 0 heterocycles. The number of carbonyl (C=O) groups excluding carboxylic acids is 1. The number of rotatable bonds is 9. The minimum absolute atomic E-state index is 0.0580. The first-order valence-corrected chi connectivity index (χ1v) is 8.36. The predicted octanol–water partition coefficient (Wildman–Crippen LogP) is 3.57. The third-order valence-corrected chi connectivity index (χ3v) is 3.44. The second kappa shape index (κ2) is 9.57. The van der Waals surface area contributed by atoms with Crippen LogP contribution in [0.3, 0.4) is 0 Å². The van der Waals surface area contributed by atoms with Crippen molar-refractivity contribution in [1.82, 2.24) is 5.32 Å². The van der Waals surface area contributed by atoms with Crippen molar-refractivity contribution >= 4 is 5.91 Å². The summed E-state index contributed by atoms with van der Waals surface area (Å²) >= 11 is 0. The zero-order valence-corrected chi connectivity index (χ0v) is 15.0. The van der Waals surface area contributed by atoms with Crippen LogP contribution >= 0.6 is 0 Å². The van der Waals surface area contributed by atoms with Crippen LogP contribution in [0.5, 0.6) is 17.2 Å². The van der Waals surface area contributed by atoms with E-state index in [9.17, 15) is 4.79 Å². The summed E-state index contributed by atoms with van der Waals surface area (Å²) in [6, 6.07) is 15.1. The van der Waals surface area contributed by atoms with E-state index in [1.54, 1.807) is 7.11 Å². The first-order chi connectivity index (χ1) is 12.1. The van der Waals surface area contributed by atoms with Gasteiger partial charge in [0, 0.05) is 6.54 Å². The molecule has 2 aromatic carbocycles. The van der Waals surface area contributed by atoms with Crippen molar-refractivity contribution in [1.29, 1.82) is 0 Å². The summed E-state index contributed by atoms with van der Waals surface area (Å²) < 4.78 is 16.4. The first-order valence-electron chi connectivity index (χ1n) is 8.36. The lowest BCUT2D eigenvalue weighted by molar-refractivity contribution is -0.121. The van der Waals surface area contributed by atoms with Gasteiger partial charge in [0.1, 0.15) is 5.75 Å². The van der Waals surface area contributed by atoms with E-state index >= 15 is 0 Å². The fourth-order valence-electron chi connectivity index (χ4n) is 2.24. The molecule has 5 heteroatoms. The normalized spacial score (nSPS) is 10.4. The van der Waals surface area contributed by atoms with Gasteiger partial charge >= 0.3 is 0 Å². The molecule has 0 saturated carbocycles. The van der Waals surface area contributed by atoms with Crippen LogP contribution in [-0.4, -0.2) is 25.7 Å². The summed E-state index contributed by atoms with van der Waals surface area (Å²) in [5.41, 5.74) is 1.02. The SMILES string of the molecule is COc1ccccc1OCCC(=O)NCc1ccc(OC(C)C)cc1. The molecule has 0 radical (unpaired) electrons. The van der Waals surface area contributed by atoms with Crippen molar-refractivity contribution in [3.05, 3.63) is 54.1 Å². The van der Waals surface area contributed by atoms with Gasteiger partial charge in [-0.1, -0.05) is 24.3 Å². The number of carbonyl (C=O) groups is 1. The lowest BCUT2D eigenvalue weighted by Gasteiger charge is -2.11. The molecule has 2 aromatic rings. The van der Waals surface area contributed by atoms with Crippen molar-refractivity contribution in [2.45, 2.75) is 32.9 Å². The second-order valence-corrected chi connectivity index (χ2v) is 5.84. The number of amides is 1. The van der Waals surface area contributed by atoms with E-state index < -0.39 is 0 Å². The molecule has 134 valence electrons. The highest BCUT2D eigenvalue weighted by Crippen LogP contribution is 2.25. The van der Waals surface area contributed by atoms with Crippen molar-refractivity contribution < 1.29 is 19.0 Å². The molecule has 0 unspecified atom stereocenters. The zero-order valence-electron chi connectivity index (χ0n) is 15.0.